The first-order chi connectivity index (χ1) is 4.77. The molecule has 1 aromatic heterocycles. The molecule has 0 spiro atoms. The van der Waals surface area contributed by atoms with E-state index in [1.54, 1.807) is 4.68 Å². The second-order valence-electron chi connectivity index (χ2n) is 2.17. The van der Waals surface area contributed by atoms with Gasteiger partial charge in [0.2, 0.25) is 0 Å². The maximum absolute atomic E-state index is 5.21. The predicted molar refractivity (Wildman–Crippen MR) is 40.5 cm³/mol. The third-order valence-corrected chi connectivity index (χ3v) is 1.42. The topological polar surface area (TPSA) is 17.8 Å². The molecule has 0 N–H and O–H groups in total. The number of aromatic nitrogens is 2. The van der Waals surface area contributed by atoms with E-state index in [-0.39, 0.29) is 0 Å². The van der Waals surface area contributed by atoms with Gasteiger partial charge in [-0.05, 0) is 12.3 Å². The Labute approximate surface area is 60.9 Å². The van der Waals surface area contributed by atoms with Gasteiger partial charge in [-0.1, -0.05) is 6.92 Å². The molecule has 0 aliphatic carbocycles. The van der Waals surface area contributed by atoms with Gasteiger partial charge in [-0.2, -0.15) is 5.10 Å². The van der Waals surface area contributed by atoms with E-state index in [1.807, 2.05) is 13.2 Å². The van der Waals surface area contributed by atoms with Gasteiger partial charge < -0.3 is 0 Å². The lowest BCUT2D eigenvalue weighted by Gasteiger charge is -1.84. The van der Waals surface area contributed by atoms with E-state index in [1.165, 1.54) is 0 Å². The van der Waals surface area contributed by atoms with Gasteiger partial charge in [0.25, 0.3) is 0 Å². The predicted octanol–water partition coefficient (Wildman–Crippen LogP) is 0.964. The molecule has 0 fully saturated rings. The van der Waals surface area contributed by atoms with Crippen LogP contribution in [0, 0.1) is 12.3 Å². The fraction of sp³-hybridized carbons (Fsp3) is 0.375. The number of hydrogen-bond donors (Lipinski definition) is 0. The maximum Gasteiger partial charge on any atom is 0.138 e. The summed E-state index contributed by atoms with van der Waals surface area (Å²) < 4.78 is 1.74. The minimum atomic E-state index is 0.769. The average molecular weight is 134 g/mol. The first-order valence-corrected chi connectivity index (χ1v) is 3.27. The highest BCUT2D eigenvalue weighted by Crippen LogP contribution is 2.04. The molecule has 0 aliphatic heterocycles. The highest BCUT2D eigenvalue weighted by atomic mass is 15.2. The van der Waals surface area contributed by atoms with E-state index in [4.69, 9.17) is 6.42 Å². The van der Waals surface area contributed by atoms with E-state index >= 15 is 0 Å². The molecule has 2 heteroatoms. The van der Waals surface area contributed by atoms with E-state index in [9.17, 15) is 0 Å². The number of nitrogens with zero attached hydrogens (tertiary/aromatic N) is 2. The van der Waals surface area contributed by atoms with Gasteiger partial charge in [0.15, 0.2) is 0 Å². The van der Waals surface area contributed by atoms with Crippen LogP contribution in [0.25, 0.3) is 0 Å². The molecule has 0 amide bonds. The molecule has 0 atom stereocenters. The van der Waals surface area contributed by atoms with Crippen molar-refractivity contribution in [3.8, 4) is 12.3 Å². The molecule has 10 heavy (non-hydrogen) atoms. The van der Waals surface area contributed by atoms with Crippen LogP contribution >= 0.6 is 0 Å². The molecule has 0 unspecified atom stereocenters. The first kappa shape index (κ1) is 6.88. The molecule has 0 saturated carbocycles. The smallest absolute Gasteiger partial charge is 0.138 e. The van der Waals surface area contributed by atoms with E-state index in [0.29, 0.717) is 0 Å². The zero-order chi connectivity index (χ0) is 7.56. The number of aryl methyl sites for hydroxylation is 2. The van der Waals surface area contributed by atoms with Crippen molar-refractivity contribution in [1.29, 1.82) is 0 Å². The molecular formula is C8H10N2. The van der Waals surface area contributed by atoms with Crippen LogP contribution in [0.1, 0.15) is 18.2 Å². The minimum Gasteiger partial charge on any atom is -0.274 e. The molecule has 1 rings (SSSR count). The van der Waals surface area contributed by atoms with Crippen molar-refractivity contribution in [1.82, 2.24) is 9.78 Å². The summed E-state index contributed by atoms with van der Waals surface area (Å²) in [4.78, 5) is 0. The van der Waals surface area contributed by atoms with Crippen molar-refractivity contribution in [3.63, 3.8) is 0 Å². The lowest BCUT2D eigenvalue weighted by atomic mass is 10.2. The molecule has 0 bridgehead atoms. The van der Waals surface area contributed by atoms with Gasteiger partial charge in [-0.15, -0.1) is 6.42 Å². The fourth-order valence-electron chi connectivity index (χ4n) is 0.918. The Hall–Kier alpha value is -1.23. The van der Waals surface area contributed by atoms with Crippen LogP contribution in [0.15, 0.2) is 6.20 Å². The Kier molecular flexibility index (Phi) is 1.77. The number of terminal acetylenes is 1. The molecule has 0 saturated heterocycles. The van der Waals surface area contributed by atoms with Gasteiger partial charge in [0, 0.05) is 18.8 Å². The van der Waals surface area contributed by atoms with Crippen LogP contribution in [0.3, 0.4) is 0 Å². The van der Waals surface area contributed by atoms with Crippen molar-refractivity contribution in [3.05, 3.63) is 17.5 Å². The normalized spacial score (nSPS) is 9.30. The van der Waals surface area contributed by atoms with E-state index in [0.717, 1.165) is 17.7 Å². The van der Waals surface area contributed by atoms with Crippen LogP contribution in [-0.2, 0) is 13.5 Å². The van der Waals surface area contributed by atoms with Crippen molar-refractivity contribution in [2.45, 2.75) is 13.3 Å². The van der Waals surface area contributed by atoms with Gasteiger partial charge in [0.1, 0.15) is 5.69 Å². The molecule has 0 radical (unpaired) electrons. The van der Waals surface area contributed by atoms with Gasteiger partial charge in [-0.3, -0.25) is 4.68 Å². The standard InChI is InChI=1S/C8H10N2/c1-4-7-6-10(3)9-8(7)5-2/h2,6H,4H2,1,3H3. The minimum absolute atomic E-state index is 0.769. The SMILES string of the molecule is C#Cc1nn(C)cc1CC. The highest BCUT2D eigenvalue weighted by molar-refractivity contribution is 5.31. The summed E-state index contributed by atoms with van der Waals surface area (Å²) in [5.41, 5.74) is 1.91. The number of rotatable bonds is 1. The zero-order valence-corrected chi connectivity index (χ0v) is 6.26. The summed E-state index contributed by atoms with van der Waals surface area (Å²) in [6.07, 6.45) is 8.12. The second-order valence-corrected chi connectivity index (χ2v) is 2.17. The Balaban J connectivity index is 3.12. The van der Waals surface area contributed by atoms with Gasteiger partial charge in [-0.25, -0.2) is 0 Å². The van der Waals surface area contributed by atoms with Crippen molar-refractivity contribution in [2.24, 2.45) is 7.05 Å². The summed E-state index contributed by atoms with van der Waals surface area (Å²) in [6.45, 7) is 2.07. The third-order valence-electron chi connectivity index (χ3n) is 1.42. The van der Waals surface area contributed by atoms with Gasteiger partial charge in [0.05, 0.1) is 0 Å². The molecular weight excluding hydrogens is 124 g/mol. The zero-order valence-electron chi connectivity index (χ0n) is 6.26. The molecule has 52 valence electrons. The lowest BCUT2D eigenvalue weighted by Crippen LogP contribution is -1.86. The van der Waals surface area contributed by atoms with E-state index < -0.39 is 0 Å². The Morgan fingerprint density at radius 1 is 1.80 bits per heavy atom. The molecule has 2 nitrogen and oxygen atoms in total. The maximum atomic E-state index is 5.21. The van der Waals surface area contributed by atoms with Crippen molar-refractivity contribution < 1.29 is 0 Å². The average Bonchev–Trinajstić information content (AvgIpc) is 2.30. The Bertz CT molecular complexity index is 265. The largest absolute Gasteiger partial charge is 0.274 e. The fourth-order valence-corrected chi connectivity index (χ4v) is 0.918. The molecule has 0 aromatic carbocycles. The Morgan fingerprint density at radius 3 is 2.90 bits per heavy atom. The Morgan fingerprint density at radius 2 is 2.50 bits per heavy atom. The first-order valence-electron chi connectivity index (χ1n) is 3.27. The molecule has 0 aliphatic rings. The van der Waals surface area contributed by atoms with Crippen molar-refractivity contribution in [2.75, 3.05) is 0 Å². The van der Waals surface area contributed by atoms with Crippen LogP contribution < -0.4 is 0 Å². The van der Waals surface area contributed by atoms with Crippen LogP contribution in [0.4, 0.5) is 0 Å². The quantitative estimate of drug-likeness (QED) is 0.523. The van der Waals surface area contributed by atoms with Crippen LogP contribution in [0.5, 0.6) is 0 Å². The summed E-state index contributed by atoms with van der Waals surface area (Å²) in [5.74, 6) is 2.54. The number of hydrogen-bond acceptors (Lipinski definition) is 1. The summed E-state index contributed by atoms with van der Waals surface area (Å²) in [6, 6.07) is 0. The van der Waals surface area contributed by atoms with Crippen molar-refractivity contribution >= 4 is 0 Å². The molecule has 1 heterocycles. The molecule has 1 aromatic rings. The second kappa shape index (κ2) is 2.57. The highest BCUT2D eigenvalue weighted by Gasteiger charge is 2.00. The third kappa shape index (κ3) is 1.03. The monoisotopic (exact) mass is 134 g/mol. The summed E-state index contributed by atoms with van der Waals surface area (Å²) in [7, 11) is 1.88. The van der Waals surface area contributed by atoms with Gasteiger partial charge >= 0.3 is 0 Å². The summed E-state index contributed by atoms with van der Waals surface area (Å²) >= 11 is 0. The van der Waals surface area contributed by atoms with Crippen LogP contribution in [-0.4, -0.2) is 9.78 Å². The van der Waals surface area contributed by atoms with E-state index in [2.05, 4.69) is 17.9 Å². The summed E-state index contributed by atoms with van der Waals surface area (Å²) in [5, 5.41) is 4.08. The lowest BCUT2D eigenvalue weighted by molar-refractivity contribution is 0.763. The van der Waals surface area contributed by atoms with Crippen LogP contribution in [0.2, 0.25) is 0 Å².